The molecule has 0 spiro atoms. The number of halogens is 1. The molecule has 0 saturated carbocycles. The Bertz CT molecular complexity index is 1520. The number of sulfonamides is 1. The minimum Gasteiger partial charge on any atom is -0.354 e. The molecule has 0 fully saturated rings. The van der Waals surface area contributed by atoms with Crippen LogP contribution in [0.2, 0.25) is 0 Å². The van der Waals surface area contributed by atoms with E-state index >= 15 is 0 Å². The third-order valence-electron chi connectivity index (χ3n) is 6.69. The molecular formula is C30H35BrN4O6S. The first-order chi connectivity index (χ1) is 19.9. The maximum atomic E-state index is 14.2. The lowest BCUT2D eigenvalue weighted by atomic mass is 10.0. The number of non-ortho nitro benzene ring substituents is 1. The Balaban J connectivity index is 2.09. The molecule has 1 atom stereocenters. The lowest BCUT2D eigenvalue weighted by molar-refractivity contribution is -0.384. The molecule has 10 nitrogen and oxygen atoms in total. The first-order valence-corrected chi connectivity index (χ1v) is 16.1. The lowest BCUT2D eigenvalue weighted by Gasteiger charge is -2.33. The normalized spacial score (nSPS) is 11.9. The summed E-state index contributed by atoms with van der Waals surface area (Å²) in [7, 11) is -4.06. The Morgan fingerprint density at radius 3 is 2.33 bits per heavy atom. The number of carbonyl (C=O) groups excluding carboxylic acids is 2. The van der Waals surface area contributed by atoms with E-state index in [1.165, 1.54) is 17.0 Å². The van der Waals surface area contributed by atoms with Crippen LogP contribution in [0.1, 0.15) is 36.5 Å². The van der Waals surface area contributed by atoms with E-state index in [-0.39, 0.29) is 30.2 Å². The van der Waals surface area contributed by atoms with Crippen LogP contribution < -0.4 is 9.62 Å². The summed E-state index contributed by atoms with van der Waals surface area (Å²) >= 11 is 3.45. The molecule has 2 amide bonds. The van der Waals surface area contributed by atoms with Crippen LogP contribution in [0.3, 0.4) is 0 Å². The number of nitrogens with zero attached hydrogens (tertiary/aromatic N) is 3. The third kappa shape index (κ3) is 9.12. The molecule has 0 unspecified atom stereocenters. The summed E-state index contributed by atoms with van der Waals surface area (Å²) in [5.41, 5.74) is 1.72. The quantitative estimate of drug-likeness (QED) is 0.148. The zero-order valence-electron chi connectivity index (χ0n) is 23.8. The van der Waals surface area contributed by atoms with Gasteiger partial charge in [0.05, 0.1) is 16.9 Å². The third-order valence-corrected chi connectivity index (χ3v) is 8.31. The van der Waals surface area contributed by atoms with Crippen LogP contribution >= 0.6 is 15.9 Å². The summed E-state index contributed by atoms with van der Waals surface area (Å²) < 4.78 is 27.6. The smallest absolute Gasteiger partial charge is 0.271 e. The summed E-state index contributed by atoms with van der Waals surface area (Å²) in [5, 5.41) is 14.4. The summed E-state index contributed by atoms with van der Waals surface area (Å²) in [5.74, 6) is -0.981. The minimum atomic E-state index is -4.06. The number of amides is 2. The summed E-state index contributed by atoms with van der Waals surface area (Å²) in [6, 6.07) is 19.5. The predicted molar refractivity (Wildman–Crippen MR) is 167 cm³/mol. The molecule has 0 bridgehead atoms. The molecule has 0 saturated heterocycles. The van der Waals surface area contributed by atoms with Crippen molar-refractivity contribution >= 4 is 49.1 Å². The summed E-state index contributed by atoms with van der Waals surface area (Å²) in [6.07, 6.45) is 2.77. The number of rotatable bonds is 14. The van der Waals surface area contributed by atoms with Gasteiger partial charge in [-0.15, -0.1) is 0 Å². The van der Waals surface area contributed by atoms with E-state index in [9.17, 15) is 28.1 Å². The molecule has 0 aliphatic carbocycles. The van der Waals surface area contributed by atoms with Gasteiger partial charge in [0.1, 0.15) is 12.6 Å². The Morgan fingerprint density at radius 1 is 1.02 bits per heavy atom. The second-order valence-corrected chi connectivity index (χ2v) is 12.8. The van der Waals surface area contributed by atoms with Crippen LogP contribution in [0.4, 0.5) is 11.4 Å². The molecule has 3 aromatic rings. The van der Waals surface area contributed by atoms with Crippen molar-refractivity contribution in [1.82, 2.24) is 10.2 Å². The monoisotopic (exact) mass is 658 g/mol. The summed E-state index contributed by atoms with van der Waals surface area (Å²) in [6.45, 7) is 3.43. The molecule has 3 aromatic carbocycles. The number of nitro groups is 1. The van der Waals surface area contributed by atoms with Gasteiger partial charge in [-0.1, -0.05) is 77.8 Å². The molecular weight excluding hydrogens is 624 g/mol. The van der Waals surface area contributed by atoms with Crippen molar-refractivity contribution in [3.8, 4) is 0 Å². The Morgan fingerprint density at radius 2 is 1.71 bits per heavy atom. The number of anilines is 1. The van der Waals surface area contributed by atoms with Crippen molar-refractivity contribution in [2.75, 3.05) is 23.7 Å². The van der Waals surface area contributed by atoms with Crippen molar-refractivity contribution in [3.05, 3.63) is 104 Å². The number of nitro benzene ring substituents is 1. The van der Waals surface area contributed by atoms with E-state index in [0.29, 0.717) is 12.1 Å². The second kappa shape index (κ2) is 14.9. The highest BCUT2D eigenvalue weighted by Gasteiger charge is 2.33. The van der Waals surface area contributed by atoms with E-state index in [4.69, 9.17) is 0 Å². The molecule has 3 rings (SSSR count). The standard InChI is InChI=1S/C30H35BrN4O6S/c1-4-5-16-32-30(37)28(18-23-10-7-6-8-11-23)33(20-24-12-9-13-25(31)17-24)29(36)21-34(42(3,40)41)27-19-26(35(38)39)15-14-22(27)2/h6-15,17,19,28H,4-5,16,18,20-21H2,1-3H3,(H,32,37)/t28-/m0/s1. The van der Waals surface area contributed by atoms with E-state index in [1.54, 1.807) is 6.92 Å². The van der Waals surface area contributed by atoms with Crippen molar-refractivity contribution in [2.45, 2.75) is 45.7 Å². The van der Waals surface area contributed by atoms with Crippen molar-refractivity contribution in [3.63, 3.8) is 0 Å². The van der Waals surface area contributed by atoms with Crippen molar-refractivity contribution in [1.29, 1.82) is 0 Å². The Labute approximate surface area is 255 Å². The van der Waals surface area contributed by atoms with Crippen LogP contribution in [-0.2, 0) is 32.6 Å². The van der Waals surface area contributed by atoms with Crippen molar-refractivity contribution < 1.29 is 22.9 Å². The van der Waals surface area contributed by atoms with Gasteiger partial charge in [-0.2, -0.15) is 0 Å². The highest BCUT2D eigenvalue weighted by atomic mass is 79.9. The van der Waals surface area contributed by atoms with Gasteiger partial charge < -0.3 is 10.2 Å². The molecule has 1 N–H and O–H groups in total. The Hall–Kier alpha value is -3.77. The molecule has 0 aliphatic rings. The van der Waals surface area contributed by atoms with E-state index in [2.05, 4.69) is 21.2 Å². The molecule has 42 heavy (non-hydrogen) atoms. The average molecular weight is 660 g/mol. The highest BCUT2D eigenvalue weighted by molar-refractivity contribution is 9.10. The van der Waals surface area contributed by atoms with Crippen LogP contribution in [0.15, 0.2) is 77.3 Å². The SMILES string of the molecule is CCCCNC(=O)[C@H](Cc1ccccc1)N(Cc1cccc(Br)c1)C(=O)CN(c1cc([N+](=O)[O-])ccc1C)S(C)(=O)=O. The predicted octanol–water partition coefficient (Wildman–Crippen LogP) is 4.99. The number of nitrogens with one attached hydrogen (secondary N) is 1. The van der Waals surface area contributed by atoms with Crippen LogP contribution in [-0.4, -0.2) is 55.4 Å². The van der Waals surface area contributed by atoms with E-state index in [1.807, 2.05) is 61.5 Å². The fourth-order valence-electron chi connectivity index (χ4n) is 4.47. The van der Waals surface area contributed by atoms with Gasteiger partial charge in [-0.3, -0.25) is 24.0 Å². The van der Waals surface area contributed by atoms with E-state index in [0.717, 1.165) is 45.1 Å². The first kappa shape index (κ1) is 32.7. The second-order valence-electron chi connectivity index (χ2n) is 10.00. The zero-order chi connectivity index (χ0) is 30.9. The van der Waals surface area contributed by atoms with E-state index < -0.39 is 33.4 Å². The number of aryl methyl sites for hydroxylation is 1. The Kier molecular flexibility index (Phi) is 11.6. The van der Waals surface area contributed by atoms with Gasteiger partial charge >= 0.3 is 0 Å². The first-order valence-electron chi connectivity index (χ1n) is 13.5. The van der Waals surface area contributed by atoms with Gasteiger partial charge in [-0.05, 0) is 42.2 Å². The molecule has 0 heterocycles. The number of hydrogen-bond acceptors (Lipinski definition) is 6. The number of carbonyl (C=O) groups is 2. The van der Waals surface area contributed by atoms with Gasteiger partial charge in [-0.25, -0.2) is 8.42 Å². The molecule has 0 aromatic heterocycles. The minimum absolute atomic E-state index is 0.0227. The van der Waals surface area contributed by atoms with Crippen LogP contribution in [0, 0.1) is 17.0 Å². The van der Waals surface area contributed by atoms with Crippen LogP contribution in [0.5, 0.6) is 0 Å². The molecule has 224 valence electrons. The fraction of sp³-hybridized carbons (Fsp3) is 0.333. The highest BCUT2D eigenvalue weighted by Crippen LogP contribution is 2.28. The average Bonchev–Trinajstić information content (AvgIpc) is 2.94. The summed E-state index contributed by atoms with van der Waals surface area (Å²) in [4.78, 5) is 40.0. The number of unbranched alkanes of at least 4 members (excludes halogenated alkanes) is 1. The van der Waals surface area contributed by atoms with Gasteiger partial charge in [0.25, 0.3) is 5.69 Å². The zero-order valence-corrected chi connectivity index (χ0v) is 26.2. The van der Waals surface area contributed by atoms with Gasteiger partial charge in [0, 0.05) is 36.1 Å². The topological polar surface area (TPSA) is 130 Å². The number of benzene rings is 3. The largest absolute Gasteiger partial charge is 0.354 e. The molecule has 0 radical (unpaired) electrons. The molecule has 12 heteroatoms. The van der Waals surface area contributed by atoms with Crippen molar-refractivity contribution in [2.24, 2.45) is 0 Å². The lowest BCUT2D eigenvalue weighted by Crippen LogP contribution is -2.53. The maximum Gasteiger partial charge on any atom is 0.271 e. The van der Waals surface area contributed by atoms with Gasteiger partial charge in [0.15, 0.2) is 0 Å². The maximum absolute atomic E-state index is 14.2. The molecule has 0 aliphatic heterocycles. The van der Waals surface area contributed by atoms with Crippen LogP contribution in [0.25, 0.3) is 0 Å². The fourth-order valence-corrected chi connectivity index (χ4v) is 5.81. The van der Waals surface area contributed by atoms with Gasteiger partial charge in [0.2, 0.25) is 21.8 Å². The number of hydrogen-bond donors (Lipinski definition) is 1.